The SMILES string of the molecule is CCOC(=O)C1=C(C)NC2=C(C(=O)[C@@H](C(=O)OCC)[C@H](c3ccc(OC)cc3)C2)[C@@H]1c1cccc(OC)c1. The quantitative estimate of drug-likeness (QED) is 0.404. The number of carbonyl (C=O) groups is 3. The third kappa shape index (κ3) is 5.03. The molecule has 200 valence electrons. The molecule has 8 heteroatoms. The van der Waals surface area contributed by atoms with Gasteiger partial charge in [-0.05, 0) is 62.6 Å². The summed E-state index contributed by atoms with van der Waals surface area (Å²) in [6.07, 6.45) is 0.380. The van der Waals surface area contributed by atoms with Crippen molar-refractivity contribution in [2.24, 2.45) is 5.92 Å². The Morgan fingerprint density at radius 1 is 0.921 bits per heavy atom. The van der Waals surface area contributed by atoms with Crippen molar-refractivity contribution < 1.29 is 33.3 Å². The fourth-order valence-corrected chi connectivity index (χ4v) is 5.34. The predicted octanol–water partition coefficient (Wildman–Crippen LogP) is 4.42. The molecular formula is C30H33NO7. The normalized spacial score (nSPS) is 20.9. The molecule has 8 nitrogen and oxygen atoms in total. The molecule has 0 bridgehead atoms. The van der Waals surface area contributed by atoms with Crippen molar-refractivity contribution >= 4 is 17.7 Å². The number of hydrogen-bond donors (Lipinski definition) is 1. The topological polar surface area (TPSA) is 100 Å². The van der Waals surface area contributed by atoms with E-state index in [1.165, 1.54) is 0 Å². The highest BCUT2D eigenvalue weighted by Crippen LogP contribution is 2.48. The standard InChI is InChI=1S/C30H33NO7/c1-6-37-29(33)24-17(3)31-23-16-22(18-11-13-20(35-4)14-12-18)26(30(34)38-7-2)28(32)27(23)25(24)19-9-8-10-21(15-19)36-5/h8-15,22,25-26,31H,6-7,16H2,1-5H3/t22-,25+,26-/m0/s1. The highest BCUT2D eigenvalue weighted by atomic mass is 16.5. The van der Waals surface area contributed by atoms with Crippen LogP contribution in [0.15, 0.2) is 71.1 Å². The zero-order valence-electron chi connectivity index (χ0n) is 22.3. The first-order valence-electron chi connectivity index (χ1n) is 12.7. The van der Waals surface area contributed by atoms with Crippen LogP contribution in [-0.2, 0) is 23.9 Å². The maximum atomic E-state index is 14.3. The lowest BCUT2D eigenvalue weighted by atomic mass is 9.67. The number of esters is 2. The van der Waals surface area contributed by atoms with Gasteiger partial charge >= 0.3 is 11.9 Å². The van der Waals surface area contributed by atoms with Gasteiger partial charge in [0.15, 0.2) is 5.78 Å². The number of methoxy groups -OCH3 is 2. The van der Waals surface area contributed by atoms with E-state index in [9.17, 15) is 14.4 Å². The number of ketones is 1. The molecule has 2 aromatic rings. The molecule has 0 aromatic heterocycles. The van der Waals surface area contributed by atoms with Crippen LogP contribution in [0.1, 0.15) is 50.2 Å². The van der Waals surface area contributed by atoms with Gasteiger partial charge in [0, 0.05) is 28.8 Å². The van der Waals surface area contributed by atoms with Crippen LogP contribution in [0, 0.1) is 5.92 Å². The Balaban J connectivity index is 1.89. The number of carbonyl (C=O) groups excluding carboxylic acids is 3. The maximum Gasteiger partial charge on any atom is 0.336 e. The molecule has 0 saturated carbocycles. The lowest BCUT2D eigenvalue weighted by Gasteiger charge is -2.39. The molecule has 38 heavy (non-hydrogen) atoms. The molecule has 1 aliphatic heterocycles. The van der Waals surface area contributed by atoms with E-state index in [2.05, 4.69) is 5.32 Å². The van der Waals surface area contributed by atoms with E-state index < -0.39 is 29.7 Å². The van der Waals surface area contributed by atoms with Crippen LogP contribution in [-0.4, -0.2) is 45.2 Å². The second-order valence-corrected chi connectivity index (χ2v) is 9.16. The fraction of sp³-hybridized carbons (Fsp3) is 0.367. The lowest BCUT2D eigenvalue weighted by molar-refractivity contribution is -0.152. The second kappa shape index (κ2) is 11.5. The molecule has 0 spiro atoms. The number of benzene rings is 2. The van der Waals surface area contributed by atoms with Crippen LogP contribution < -0.4 is 14.8 Å². The van der Waals surface area contributed by atoms with E-state index in [1.807, 2.05) is 36.4 Å². The Kier molecular flexibility index (Phi) is 8.20. The van der Waals surface area contributed by atoms with Crippen LogP contribution in [0.2, 0.25) is 0 Å². The summed E-state index contributed by atoms with van der Waals surface area (Å²) in [4.78, 5) is 40.8. The number of allylic oxidation sites excluding steroid dienone is 3. The molecule has 0 radical (unpaired) electrons. The summed E-state index contributed by atoms with van der Waals surface area (Å²) in [5.41, 5.74) is 3.49. The van der Waals surface area contributed by atoms with Gasteiger partial charge in [-0.15, -0.1) is 0 Å². The van der Waals surface area contributed by atoms with Gasteiger partial charge in [-0.3, -0.25) is 9.59 Å². The van der Waals surface area contributed by atoms with Crippen LogP contribution in [0.3, 0.4) is 0 Å². The van der Waals surface area contributed by atoms with Crippen molar-refractivity contribution in [2.45, 2.75) is 39.0 Å². The first-order chi connectivity index (χ1) is 18.3. The minimum absolute atomic E-state index is 0.147. The molecule has 0 saturated heterocycles. The summed E-state index contributed by atoms with van der Waals surface area (Å²) in [5, 5.41) is 3.31. The zero-order chi connectivity index (χ0) is 27.4. The molecule has 2 aliphatic rings. The Hall–Kier alpha value is -4.07. The molecule has 0 amide bonds. The van der Waals surface area contributed by atoms with Gasteiger partial charge < -0.3 is 24.3 Å². The summed E-state index contributed by atoms with van der Waals surface area (Å²) < 4.78 is 21.5. The fourth-order valence-electron chi connectivity index (χ4n) is 5.34. The summed E-state index contributed by atoms with van der Waals surface area (Å²) in [7, 11) is 3.14. The van der Waals surface area contributed by atoms with Gasteiger partial charge in [0.25, 0.3) is 0 Å². The first-order valence-corrected chi connectivity index (χ1v) is 12.7. The molecule has 0 unspecified atom stereocenters. The van der Waals surface area contributed by atoms with E-state index in [0.29, 0.717) is 46.0 Å². The van der Waals surface area contributed by atoms with Gasteiger partial charge in [-0.25, -0.2) is 4.79 Å². The van der Waals surface area contributed by atoms with Crippen LogP contribution in [0.4, 0.5) is 0 Å². The average Bonchev–Trinajstić information content (AvgIpc) is 2.92. The third-order valence-electron chi connectivity index (χ3n) is 7.03. The molecule has 0 fully saturated rings. The molecule has 1 N–H and O–H groups in total. The molecule has 2 aromatic carbocycles. The summed E-state index contributed by atoms with van der Waals surface area (Å²) >= 11 is 0. The number of rotatable bonds is 8. The summed E-state index contributed by atoms with van der Waals surface area (Å²) in [5.74, 6) is -2.48. The van der Waals surface area contributed by atoms with Gasteiger partial charge in [0.1, 0.15) is 17.4 Å². The number of Topliss-reactive ketones (excluding diaryl/α,β-unsaturated/α-hetero) is 1. The van der Waals surface area contributed by atoms with Gasteiger partial charge in [0.05, 0.1) is 33.0 Å². The maximum absolute atomic E-state index is 14.3. The molecule has 3 atom stereocenters. The van der Waals surface area contributed by atoms with E-state index in [-0.39, 0.29) is 19.0 Å². The van der Waals surface area contributed by atoms with Gasteiger partial charge in [-0.1, -0.05) is 24.3 Å². The average molecular weight is 520 g/mol. The summed E-state index contributed by atoms with van der Waals surface area (Å²) in [6, 6.07) is 14.6. The van der Waals surface area contributed by atoms with Crippen molar-refractivity contribution in [3.63, 3.8) is 0 Å². The molecule has 1 heterocycles. The highest BCUT2D eigenvalue weighted by molar-refractivity contribution is 6.13. The first kappa shape index (κ1) is 27.0. The Morgan fingerprint density at radius 3 is 2.24 bits per heavy atom. The van der Waals surface area contributed by atoms with Crippen LogP contribution in [0.5, 0.6) is 11.5 Å². The summed E-state index contributed by atoms with van der Waals surface area (Å²) in [6.45, 7) is 5.58. The van der Waals surface area contributed by atoms with Crippen molar-refractivity contribution in [1.29, 1.82) is 0 Å². The zero-order valence-corrected chi connectivity index (χ0v) is 22.3. The largest absolute Gasteiger partial charge is 0.497 e. The van der Waals surface area contributed by atoms with E-state index in [1.54, 1.807) is 47.1 Å². The smallest absolute Gasteiger partial charge is 0.336 e. The molecular weight excluding hydrogens is 486 g/mol. The van der Waals surface area contributed by atoms with Gasteiger partial charge in [-0.2, -0.15) is 0 Å². The van der Waals surface area contributed by atoms with Crippen molar-refractivity contribution in [2.75, 3.05) is 27.4 Å². The van der Waals surface area contributed by atoms with Crippen molar-refractivity contribution in [3.8, 4) is 11.5 Å². The van der Waals surface area contributed by atoms with Crippen molar-refractivity contribution in [1.82, 2.24) is 5.32 Å². The monoisotopic (exact) mass is 519 g/mol. The third-order valence-corrected chi connectivity index (χ3v) is 7.03. The van der Waals surface area contributed by atoms with Crippen molar-refractivity contribution in [3.05, 3.63) is 82.2 Å². The van der Waals surface area contributed by atoms with E-state index in [4.69, 9.17) is 18.9 Å². The number of ether oxygens (including phenoxy) is 4. The Morgan fingerprint density at radius 2 is 1.61 bits per heavy atom. The van der Waals surface area contributed by atoms with Crippen LogP contribution in [0.25, 0.3) is 0 Å². The highest BCUT2D eigenvalue weighted by Gasteiger charge is 2.49. The van der Waals surface area contributed by atoms with E-state index >= 15 is 0 Å². The van der Waals surface area contributed by atoms with Crippen LogP contribution >= 0.6 is 0 Å². The lowest BCUT2D eigenvalue weighted by Crippen LogP contribution is -2.43. The predicted molar refractivity (Wildman–Crippen MR) is 141 cm³/mol. The number of hydrogen-bond acceptors (Lipinski definition) is 8. The Labute approximate surface area is 222 Å². The van der Waals surface area contributed by atoms with E-state index in [0.717, 1.165) is 5.56 Å². The minimum atomic E-state index is -1.07. The van der Waals surface area contributed by atoms with Gasteiger partial charge in [0.2, 0.25) is 0 Å². The number of nitrogens with one attached hydrogen (secondary N) is 1. The number of dihydropyridines is 1. The Bertz CT molecular complexity index is 1290. The molecule has 1 aliphatic carbocycles. The second-order valence-electron chi connectivity index (χ2n) is 9.16. The minimum Gasteiger partial charge on any atom is -0.497 e. The molecule has 4 rings (SSSR count).